The largest absolute Gasteiger partial charge is 0.358 e. The van der Waals surface area contributed by atoms with Crippen LogP contribution in [0.15, 0.2) is 36.8 Å². The summed E-state index contributed by atoms with van der Waals surface area (Å²) in [5.41, 5.74) is 2.42. The lowest BCUT2D eigenvalue weighted by Gasteiger charge is -2.42. The molecule has 26 heavy (non-hydrogen) atoms. The van der Waals surface area contributed by atoms with Gasteiger partial charge >= 0.3 is 6.03 Å². The number of aromatic nitrogens is 2. The van der Waals surface area contributed by atoms with Crippen molar-refractivity contribution in [3.63, 3.8) is 0 Å². The van der Waals surface area contributed by atoms with Crippen LogP contribution in [-0.2, 0) is 11.3 Å². The zero-order valence-corrected chi connectivity index (χ0v) is 14.2. The van der Waals surface area contributed by atoms with Crippen LogP contribution in [0.3, 0.4) is 0 Å². The number of rotatable bonds is 4. The van der Waals surface area contributed by atoms with Crippen molar-refractivity contribution in [2.45, 2.75) is 31.7 Å². The summed E-state index contributed by atoms with van der Waals surface area (Å²) in [7, 11) is 0. The number of benzene rings is 1. The number of H-pyrrole nitrogens is 1. The maximum atomic E-state index is 12.0. The topological polar surface area (TPSA) is 108 Å². The van der Waals surface area contributed by atoms with Crippen molar-refractivity contribution in [2.75, 3.05) is 6.61 Å². The van der Waals surface area contributed by atoms with Gasteiger partial charge in [-0.2, -0.15) is 0 Å². The van der Waals surface area contributed by atoms with Crippen molar-refractivity contribution in [3.8, 4) is 0 Å². The fraction of sp³-hybridized carbons (Fsp3) is 0.389. The number of aromatic amines is 1. The van der Waals surface area contributed by atoms with Gasteiger partial charge in [0.15, 0.2) is 0 Å². The van der Waals surface area contributed by atoms with Crippen LogP contribution in [-0.4, -0.2) is 34.7 Å². The third-order valence-electron chi connectivity index (χ3n) is 4.86. The third-order valence-corrected chi connectivity index (χ3v) is 4.86. The van der Waals surface area contributed by atoms with Crippen LogP contribution in [0, 0.1) is 5.92 Å². The first kappa shape index (κ1) is 16.6. The minimum atomic E-state index is -0.244. The summed E-state index contributed by atoms with van der Waals surface area (Å²) in [5.74, 6) is -0.0138. The average Bonchev–Trinajstić information content (AvgIpc) is 3.20. The van der Waals surface area contributed by atoms with Crippen LogP contribution in [0.4, 0.5) is 4.79 Å². The first-order chi connectivity index (χ1) is 12.7. The summed E-state index contributed by atoms with van der Waals surface area (Å²) in [6.07, 6.45) is 4.68. The summed E-state index contributed by atoms with van der Waals surface area (Å²) in [4.78, 5) is 30.6. The Morgan fingerprint density at radius 1 is 1.35 bits per heavy atom. The van der Waals surface area contributed by atoms with Crippen molar-refractivity contribution in [1.29, 1.82) is 0 Å². The lowest BCUT2D eigenvalue weighted by Crippen LogP contribution is -2.58. The van der Waals surface area contributed by atoms with E-state index < -0.39 is 0 Å². The second kappa shape index (κ2) is 7.17. The highest BCUT2D eigenvalue weighted by Crippen LogP contribution is 2.34. The lowest BCUT2D eigenvalue weighted by molar-refractivity contribution is -0.0602. The van der Waals surface area contributed by atoms with Crippen molar-refractivity contribution in [2.24, 2.45) is 5.92 Å². The zero-order chi connectivity index (χ0) is 17.9. The number of imidazole rings is 1. The minimum absolute atomic E-state index is 0.0997. The van der Waals surface area contributed by atoms with E-state index in [1.165, 1.54) is 12.5 Å². The van der Waals surface area contributed by atoms with E-state index in [-0.39, 0.29) is 30.1 Å². The Labute approximate surface area is 150 Å². The molecule has 0 aliphatic carbocycles. The maximum absolute atomic E-state index is 12.0. The fourth-order valence-electron chi connectivity index (χ4n) is 3.60. The molecule has 2 fully saturated rings. The Morgan fingerprint density at radius 2 is 2.27 bits per heavy atom. The van der Waals surface area contributed by atoms with Gasteiger partial charge in [-0.25, -0.2) is 9.78 Å². The fourth-order valence-corrected chi connectivity index (χ4v) is 3.60. The molecule has 8 heteroatoms. The number of hydrogen-bond donors (Lipinski definition) is 4. The molecular formula is C18H21N5O3. The molecule has 0 unspecified atom stereocenters. The SMILES string of the molecule is O=C1N[C@H]2OCCC[C@H]2[C@H](c2cccc(CNC(=O)c3cnc[nH]3)c2)N1. The first-order valence-corrected chi connectivity index (χ1v) is 8.75. The lowest BCUT2D eigenvalue weighted by atomic mass is 9.85. The normalized spacial score (nSPS) is 24.9. The first-order valence-electron chi connectivity index (χ1n) is 8.75. The minimum Gasteiger partial charge on any atom is -0.358 e. The van der Waals surface area contributed by atoms with E-state index in [0.717, 1.165) is 24.0 Å². The van der Waals surface area contributed by atoms with Crippen molar-refractivity contribution < 1.29 is 14.3 Å². The summed E-state index contributed by atoms with van der Waals surface area (Å²) in [6.45, 7) is 1.07. The number of amides is 3. The van der Waals surface area contributed by atoms with Crippen molar-refractivity contribution >= 4 is 11.9 Å². The second-order valence-electron chi connectivity index (χ2n) is 6.59. The molecular weight excluding hydrogens is 334 g/mol. The molecule has 4 N–H and O–H groups in total. The van der Waals surface area contributed by atoms with Crippen LogP contribution in [0.25, 0.3) is 0 Å². The van der Waals surface area contributed by atoms with Gasteiger partial charge in [0.2, 0.25) is 0 Å². The van der Waals surface area contributed by atoms with Crippen LogP contribution in [0.1, 0.15) is 40.5 Å². The predicted molar refractivity (Wildman–Crippen MR) is 93.1 cm³/mol. The zero-order valence-electron chi connectivity index (χ0n) is 14.2. The third kappa shape index (κ3) is 3.41. The van der Waals surface area contributed by atoms with E-state index in [1.54, 1.807) is 0 Å². The summed E-state index contributed by atoms with van der Waals surface area (Å²) in [5, 5.41) is 8.73. The highest BCUT2D eigenvalue weighted by Gasteiger charge is 2.39. The van der Waals surface area contributed by atoms with E-state index in [4.69, 9.17) is 4.74 Å². The molecule has 136 valence electrons. The van der Waals surface area contributed by atoms with Gasteiger partial charge in [-0.05, 0) is 24.0 Å². The van der Waals surface area contributed by atoms with Gasteiger partial charge in [0.1, 0.15) is 11.9 Å². The van der Waals surface area contributed by atoms with Gasteiger partial charge in [0.25, 0.3) is 5.91 Å². The molecule has 3 heterocycles. The number of fused-ring (bicyclic) bond motifs is 1. The van der Waals surface area contributed by atoms with Gasteiger partial charge in [-0.15, -0.1) is 0 Å². The second-order valence-corrected chi connectivity index (χ2v) is 6.59. The van der Waals surface area contributed by atoms with Gasteiger partial charge in [-0.3, -0.25) is 4.79 Å². The predicted octanol–water partition coefficient (Wildman–Crippen LogP) is 1.45. The van der Waals surface area contributed by atoms with Gasteiger partial charge < -0.3 is 25.7 Å². The highest BCUT2D eigenvalue weighted by molar-refractivity contribution is 5.91. The Morgan fingerprint density at radius 3 is 3.12 bits per heavy atom. The molecule has 1 aromatic carbocycles. The highest BCUT2D eigenvalue weighted by atomic mass is 16.5. The smallest absolute Gasteiger partial charge is 0.317 e. The summed E-state index contributed by atoms with van der Waals surface area (Å²) < 4.78 is 5.72. The average molecular weight is 355 g/mol. The molecule has 4 rings (SSSR count). The Hall–Kier alpha value is -2.87. The van der Waals surface area contributed by atoms with E-state index in [1.807, 2.05) is 24.3 Å². The maximum Gasteiger partial charge on any atom is 0.317 e. The number of urea groups is 1. The molecule has 1 aromatic heterocycles. The quantitative estimate of drug-likeness (QED) is 0.665. The molecule has 3 amide bonds. The monoisotopic (exact) mass is 355 g/mol. The van der Waals surface area contributed by atoms with Gasteiger partial charge in [0.05, 0.1) is 18.6 Å². The number of nitrogens with zero attached hydrogens (tertiary/aromatic N) is 1. The molecule has 0 radical (unpaired) electrons. The standard InChI is InChI=1S/C18H21N5O3/c24-16(14-9-19-10-21-14)20-8-11-3-1-4-12(7-11)15-13-5-2-6-26-17(13)23-18(25)22-15/h1,3-4,7,9-10,13,15,17H,2,5-6,8H2,(H,19,21)(H,20,24)(H2,22,23,25)/t13-,15-,17-/m0/s1. The number of carbonyl (C=O) groups is 2. The molecule has 8 nitrogen and oxygen atoms in total. The Kier molecular flexibility index (Phi) is 4.57. The van der Waals surface area contributed by atoms with Gasteiger partial charge in [-0.1, -0.05) is 24.3 Å². The van der Waals surface area contributed by atoms with E-state index in [9.17, 15) is 9.59 Å². The molecule has 0 bridgehead atoms. The van der Waals surface area contributed by atoms with Gasteiger partial charge in [0, 0.05) is 19.1 Å². The van der Waals surface area contributed by atoms with Crippen molar-refractivity contribution in [1.82, 2.24) is 25.9 Å². The molecule has 2 aromatic rings. The number of nitrogens with one attached hydrogen (secondary N) is 4. The van der Waals surface area contributed by atoms with E-state index in [2.05, 4.69) is 25.9 Å². The summed E-state index contributed by atoms with van der Waals surface area (Å²) in [6, 6.07) is 7.61. The number of carbonyl (C=O) groups excluding carboxylic acids is 2. The van der Waals surface area contributed by atoms with Crippen LogP contribution in [0.5, 0.6) is 0 Å². The number of ether oxygens (including phenoxy) is 1. The van der Waals surface area contributed by atoms with E-state index in [0.29, 0.717) is 18.8 Å². The molecule has 2 aliphatic heterocycles. The van der Waals surface area contributed by atoms with E-state index >= 15 is 0 Å². The van der Waals surface area contributed by atoms with Crippen LogP contribution < -0.4 is 16.0 Å². The Balaban J connectivity index is 1.48. The Bertz CT molecular complexity index is 792. The summed E-state index contributed by atoms with van der Waals surface area (Å²) >= 11 is 0. The molecule has 0 saturated carbocycles. The molecule has 2 aliphatic rings. The number of hydrogen-bond acceptors (Lipinski definition) is 4. The molecule has 2 saturated heterocycles. The van der Waals surface area contributed by atoms with Crippen LogP contribution >= 0.6 is 0 Å². The van der Waals surface area contributed by atoms with Crippen LogP contribution in [0.2, 0.25) is 0 Å². The molecule has 3 atom stereocenters. The molecule has 0 spiro atoms. The van der Waals surface area contributed by atoms with Crippen molar-refractivity contribution in [3.05, 3.63) is 53.6 Å².